The molecule has 1 aliphatic heterocycles. The van der Waals surface area contributed by atoms with Gasteiger partial charge in [-0.3, -0.25) is 4.79 Å². The zero-order valence-corrected chi connectivity index (χ0v) is 14.6. The number of alkyl halides is 2. The highest BCUT2D eigenvalue weighted by atomic mass is 35.5. The van der Waals surface area contributed by atoms with Crippen molar-refractivity contribution in [2.75, 3.05) is 6.61 Å². The summed E-state index contributed by atoms with van der Waals surface area (Å²) in [5.41, 5.74) is 1.85. The fourth-order valence-electron chi connectivity index (χ4n) is 2.62. The molecule has 25 heavy (non-hydrogen) atoms. The Morgan fingerprint density at radius 2 is 2.12 bits per heavy atom. The van der Waals surface area contributed by atoms with Crippen LogP contribution in [0.4, 0.5) is 8.78 Å². The highest BCUT2D eigenvalue weighted by molar-refractivity contribution is 6.32. The number of ether oxygens (including phenoxy) is 1. The van der Waals surface area contributed by atoms with Crippen molar-refractivity contribution in [3.05, 3.63) is 51.4 Å². The van der Waals surface area contributed by atoms with E-state index < -0.39 is 13.0 Å². The van der Waals surface area contributed by atoms with Gasteiger partial charge in [0.2, 0.25) is 5.88 Å². The molecule has 0 aromatic carbocycles. The van der Waals surface area contributed by atoms with Crippen molar-refractivity contribution in [3.8, 4) is 5.88 Å². The van der Waals surface area contributed by atoms with Crippen LogP contribution in [0.15, 0.2) is 24.5 Å². The number of aromatic nitrogens is 2. The summed E-state index contributed by atoms with van der Waals surface area (Å²) in [6.07, 6.45) is 0.324. The lowest BCUT2D eigenvalue weighted by Crippen LogP contribution is -2.27. The first-order valence-electron chi connectivity index (χ1n) is 7.39. The Bertz CT molecular complexity index is 820. The molecule has 1 unspecified atom stereocenters. The van der Waals surface area contributed by atoms with Crippen molar-refractivity contribution in [2.45, 2.75) is 25.9 Å². The average Bonchev–Trinajstić information content (AvgIpc) is 2.91. The lowest BCUT2D eigenvalue weighted by molar-refractivity contribution is 0.0713. The summed E-state index contributed by atoms with van der Waals surface area (Å²) in [4.78, 5) is 22.1. The van der Waals surface area contributed by atoms with Gasteiger partial charge in [-0.2, -0.15) is 0 Å². The lowest BCUT2D eigenvalue weighted by atomic mass is 10.1. The zero-order chi connectivity index (χ0) is 18.1. The Morgan fingerprint density at radius 3 is 2.76 bits per heavy atom. The fraction of sp³-hybridized carbons (Fsp3) is 0.312. The molecule has 0 spiro atoms. The number of pyridine rings is 2. The van der Waals surface area contributed by atoms with E-state index in [4.69, 9.17) is 27.9 Å². The summed E-state index contributed by atoms with van der Waals surface area (Å²) in [7, 11) is 0. The number of amides is 1. The third-order valence-corrected chi connectivity index (χ3v) is 4.54. The van der Waals surface area contributed by atoms with E-state index in [1.165, 1.54) is 12.4 Å². The number of halogens is 4. The van der Waals surface area contributed by atoms with Gasteiger partial charge in [-0.05, 0) is 24.6 Å². The second-order valence-corrected chi connectivity index (χ2v) is 6.26. The maximum atomic E-state index is 12.6. The van der Waals surface area contributed by atoms with E-state index in [1.807, 2.05) is 6.92 Å². The molecule has 0 aliphatic carbocycles. The number of hydrogen-bond donors (Lipinski definition) is 0. The van der Waals surface area contributed by atoms with Gasteiger partial charge in [0.1, 0.15) is 10.2 Å². The molecule has 132 valence electrons. The molecule has 2 aromatic heterocycles. The van der Waals surface area contributed by atoms with Crippen LogP contribution in [0.5, 0.6) is 5.88 Å². The summed E-state index contributed by atoms with van der Waals surface area (Å²) in [6.45, 7) is 1.36. The van der Waals surface area contributed by atoms with Gasteiger partial charge in [0.25, 0.3) is 12.3 Å². The third-order valence-electron chi connectivity index (χ3n) is 3.95. The van der Waals surface area contributed by atoms with E-state index in [0.717, 1.165) is 0 Å². The SMILES string of the molecule is CC(c1cnc(OCC(F)F)c(Cl)c1)N1Cc2c(ccnc2Cl)C1=O. The first kappa shape index (κ1) is 17.8. The Morgan fingerprint density at radius 1 is 1.36 bits per heavy atom. The van der Waals surface area contributed by atoms with Crippen molar-refractivity contribution in [1.82, 2.24) is 14.9 Å². The first-order chi connectivity index (χ1) is 11.9. The molecule has 1 atom stereocenters. The van der Waals surface area contributed by atoms with E-state index in [9.17, 15) is 13.6 Å². The standard InChI is InChI=1S/C16H13Cl2F2N3O2/c1-8(9-4-12(17)15(22-5-9)25-7-13(19)20)23-6-11-10(16(23)24)2-3-21-14(11)18/h2-5,8,13H,6-7H2,1H3. The first-order valence-corrected chi connectivity index (χ1v) is 8.14. The number of rotatable bonds is 5. The summed E-state index contributed by atoms with van der Waals surface area (Å²) < 4.78 is 29.3. The van der Waals surface area contributed by atoms with Crippen molar-refractivity contribution in [1.29, 1.82) is 0 Å². The van der Waals surface area contributed by atoms with Crippen LogP contribution in [-0.4, -0.2) is 33.8 Å². The summed E-state index contributed by atoms with van der Waals surface area (Å²) in [5, 5.41) is 0.404. The molecule has 5 nitrogen and oxygen atoms in total. The van der Waals surface area contributed by atoms with Crippen molar-refractivity contribution < 1.29 is 18.3 Å². The van der Waals surface area contributed by atoms with Gasteiger partial charge >= 0.3 is 0 Å². The van der Waals surface area contributed by atoms with Gasteiger partial charge < -0.3 is 9.64 Å². The molecule has 0 saturated heterocycles. The minimum Gasteiger partial charge on any atom is -0.471 e. The second-order valence-electron chi connectivity index (χ2n) is 5.49. The normalized spacial score (nSPS) is 14.8. The molecule has 2 aromatic rings. The van der Waals surface area contributed by atoms with Crippen LogP contribution in [0.25, 0.3) is 0 Å². The maximum absolute atomic E-state index is 12.6. The topological polar surface area (TPSA) is 55.3 Å². The third kappa shape index (κ3) is 3.52. The predicted molar refractivity (Wildman–Crippen MR) is 88.3 cm³/mol. The smallest absolute Gasteiger partial charge is 0.272 e. The number of carbonyl (C=O) groups excluding carboxylic acids is 1. The van der Waals surface area contributed by atoms with Crippen LogP contribution < -0.4 is 4.74 Å². The van der Waals surface area contributed by atoms with E-state index in [1.54, 1.807) is 17.0 Å². The van der Waals surface area contributed by atoms with Crippen LogP contribution in [0.2, 0.25) is 10.2 Å². The maximum Gasteiger partial charge on any atom is 0.272 e. The molecule has 0 bridgehead atoms. The van der Waals surface area contributed by atoms with Gasteiger partial charge in [0.15, 0.2) is 6.61 Å². The van der Waals surface area contributed by atoms with Crippen molar-refractivity contribution in [2.24, 2.45) is 0 Å². The molecule has 1 aliphatic rings. The average molecular weight is 388 g/mol. The largest absolute Gasteiger partial charge is 0.471 e. The summed E-state index contributed by atoms with van der Waals surface area (Å²) >= 11 is 12.1. The van der Waals surface area contributed by atoms with Crippen molar-refractivity contribution in [3.63, 3.8) is 0 Å². The molecule has 0 fully saturated rings. The predicted octanol–water partition coefficient (Wildman–Crippen LogP) is 4.14. The summed E-state index contributed by atoms with van der Waals surface area (Å²) in [5.74, 6) is -0.234. The number of carbonyl (C=O) groups is 1. The summed E-state index contributed by atoms with van der Waals surface area (Å²) in [6, 6.07) is 2.84. The molecule has 3 rings (SSSR count). The molecule has 0 N–H and O–H groups in total. The molecule has 1 amide bonds. The van der Waals surface area contributed by atoms with Crippen LogP contribution in [0.1, 0.15) is 34.5 Å². The lowest BCUT2D eigenvalue weighted by Gasteiger charge is -2.24. The van der Waals surface area contributed by atoms with Gasteiger partial charge in [-0.15, -0.1) is 0 Å². The van der Waals surface area contributed by atoms with E-state index >= 15 is 0 Å². The van der Waals surface area contributed by atoms with Gasteiger partial charge in [-0.25, -0.2) is 18.7 Å². The molecule has 3 heterocycles. The number of nitrogens with zero attached hydrogens (tertiary/aromatic N) is 3. The molecule has 0 saturated carbocycles. The monoisotopic (exact) mass is 387 g/mol. The van der Waals surface area contributed by atoms with E-state index in [2.05, 4.69) is 9.97 Å². The number of hydrogen-bond acceptors (Lipinski definition) is 4. The fourth-order valence-corrected chi connectivity index (χ4v) is 3.07. The van der Waals surface area contributed by atoms with Crippen LogP contribution in [-0.2, 0) is 6.54 Å². The van der Waals surface area contributed by atoms with Crippen molar-refractivity contribution >= 4 is 29.1 Å². The minimum absolute atomic E-state index is 0.0683. The minimum atomic E-state index is -2.62. The van der Waals surface area contributed by atoms with E-state index in [-0.39, 0.29) is 22.9 Å². The Labute approximate surface area is 152 Å². The van der Waals surface area contributed by atoms with Crippen LogP contribution in [0.3, 0.4) is 0 Å². The molecule has 9 heteroatoms. The zero-order valence-electron chi connectivity index (χ0n) is 13.0. The van der Waals surface area contributed by atoms with Gasteiger partial charge in [-0.1, -0.05) is 23.2 Å². The van der Waals surface area contributed by atoms with Crippen LogP contribution in [0, 0.1) is 0 Å². The van der Waals surface area contributed by atoms with Gasteiger partial charge in [0.05, 0.1) is 12.6 Å². The molecule has 0 radical (unpaired) electrons. The molecular formula is C16H13Cl2F2N3O2. The highest BCUT2D eigenvalue weighted by Gasteiger charge is 2.33. The van der Waals surface area contributed by atoms with E-state index in [0.29, 0.717) is 28.4 Å². The Kier molecular flexibility index (Phi) is 5.06. The van der Waals surface area contributed by atoms with Gasteiger partial charge in [0, 0.05) is 23.5 Å². The number of fused-ring (bicyclic) bond motifs is 1. The second kappa shape index (κ2) is 7.09. The van der Waals surface area contributed by atoms with Crippen LogP contribution >= 0.6 is 23.2 Å². The Balaban J connectivity index is 1.80. The highest BCUT2D eigenvalue weighted by Crippen LogP contribution is 2.35. The Hall–Kier alpha value is -1.99. The quantitative estimate of drug-likeness (QED) is 0.723. The molecular weight excluding hydrogens is 375 g/mol.